The second kappa shape index (κ2) is 46.2. The molecule has 17 heteroatoms. The van der Waals surface area contributed by atoms with Gasteiger partial charge in [-0.3, -0.25) is 38.6 Å². The Bertz CT molecular complexity index is 1710. The average molecular weight is 1130 g/mol. The fraction of sp³-hybridized carbons (Fsp3) is 0.873. The maximum atomic E-state index is 13.5. The number of nitrogens with two attached hydrogens (primary N) is 2. The van der Waals surface area contributed by atoms with Crippen LogP contribution in [0.3, 0.4) is 0 Å². The zero-order chi connectivity index (χ0) is 58.6. The molecule has 9 N–H and O–H groups in total. The van der Waals surface area contributed by atoms with Gasteiger partial charge in [0.2, 0.25) is 35.4 Å². The van der Waals surface area contributed by atoms with Crippen LogP contribution in [0.2, 0.25) is 0 Å². The number of aliphatic carboxylic acids is 1. The van der Waals surface area contributed by atoms with Crippen molar-refractivity contribution in [3.63, 3.8) is 0 Å². The summed E-state index contributed by atoms with van der Waals surface area (Å²) in [4.78, 5) is 96.5. The van der Waals surface area contributed by atoms with Gasteiger partial charge in [-0.2, -0.15) is 0 Å². The highest BCUT2D eigenvalue weighted by atomic mass is 16.4. The minimum absolute atomic E-state index is 0.0364. The third kappa shape index (κ3) is 32.4. The van der Waals surface area contributed by atoms with Gasteiger partial charge in [0, 0.05) is 38.0 Å². The van der Waals surface area contributed by atoms with Gasteiger partial charge in [-0.1, -0.05) is 213 Å². The van der Waals surface area contributed by atoms with Crippen LogP contribution in [0.1, 0.15) is 285 Å². The normalized spacial score (nSPS) is 20.7. The number of carboxylic acid groups (broad SMARTS) is 1. The first kappa shape index (κ1) is 71.8. The molecule has 0 unspecified atom stereocenters. The van der Waals surface area contributed by atoms with Crippen LogP contribution in [0.15, 0.2) is 4.99 Å². The van der Waals surface area contributed by atoms with E-state index in [1.807, 2.05) is 4.90 Å². The Morgan fingerprint density at radius 1 is 0.588 bits per heavy atom. The van der Waals surface area contributed by atoms with Crippen LogP contribution >= 0.6 is 0 Å². The predicted octanol–water partition coefficient (Wildman–Crippen LogP) is 10.7. The predicted molar refractivity (Wildman–Crippen MR) is 324 cm³/mol. The molecule has 6 amide bonds. The van der Waals surface area contributed by atoms with Gasteiger partial charge in [-0.05, 0) is 64.8 Å². The zero-order valence-electron chi connectivity index (χ0n) is 51.1. The number of carbonyl (C=O) groups is 7. The molecule has 80 heavy (non-hydrogen) atoms. The monoisotopic (exact) mass is 1130 g/mol. The van der Waals surface area contributed by atoms with E-state index in [1.54, 1.807) is 18.7 Å². The van der Waals surface area contributed by atoms with E-state index in [0.29, 0.717) is 44.5 Å². The minimum atomic E-state index is -0.919. The maximum Gasteiger partial charge on any atom is 0.303 e. The molecule has 3 saturated heterocycles. The number of hydrogen-bond donors (Lipinski definition) is 7. The number of rotatable bonds is 43. The molecule has 3 rings (SSSR count). The topological polar surface area (TPSA) is 259 Å². The van der Waals surface area contributed by atoms with Crippen LogP contribution in [0.5, 0.6) is 0 Å². The van der Waals surface area contributed by atoms with Gasteiger partial charge in [0.15, 0.2) is 0 Å². The molecule has 3 aliphatic heterocycles. The van der Waals surface area contributed by atoms with Gasteiger partial charge in [0.05, 0.1) is 18.8 Å². The number of nitrogens with one attached hydrogen (secondary N) is 4. The Labute approximate surface area is 485 Å². The van der Waals surface area contributed by atoms with Gasteiger partial charge in [-0.25, -0.2) is 0 Å². The lowest BCUT2D eigenvalue weighted by molar-refractivity contribution is -0.149. The van der Waals surface area contributed by atoms with Crippen molar-refractivity contribution in [2.45, 2.75) is 315 Å². The Kier molecular flexibility index (Phi) is 41.5. The second-order valence-electron chi connectivity index (χ2n) is 23.6. The van der Waals surface area contributed by atoms with Crippen molar-refractivity contribution in [3.8, 4) is 0 Å². The first-order valence-corrected chi connectivity index (χ1v) is 32.7. The van der Waals surface area contributed by atoms with Crippen LogP contribution < -0.4 is 32.7 Å². The zero-order valence-corrected chi connectivity index (χ0v) is 51.1. The summed E-state index contributed by atoms with van der Waals surface area (Å²) in [6.45, 7) is 9.79. The van der Waals surface area contributed by atoms with Crippen molar-refractivity contribution >= 4 is 47.2 Å². The Balaban J connectivity index is 0.000000556. The molecule has 6 atom stereocenters. The number of amides is 6. The molecule has 0 saturated carbocycles. The quantitative estimate of drug-likeness (QED) is 0.0173. The fourth-order valence-electron chi connectivity index (χ4n) is 11.6. The highest BCUT2D eigenvalue weighted by Gasteiger charge is 2.50. The highest BCUT2D eigenvalue weighted by molar-refractivity contribution is 5.98. The lowest BCUT2D eigenvalue weighted by Gasteiger charge is -2.42. The minimum Gasteiger partial charge on any atom is -0.481 e. The number of nitrogens with zero attached hydrogens (tertiary/aromatic N) is 3. The third-order valence-corrected chi connectivity index (χ3v) is 16.6. The summed E-state index contributed by atoms with van der Waals surface area (Å²) in [6, 6.07) is -3.62. The number of fused-ring (bicyclic) bond motifs is 1. The number of piperidine rings is 1. The Morgan fingerprint density at radius 2 is 1.05 bits per heavy atom. The highest BCUT2D eigenvalue weighted by Crippen LogP contribution is 2.35. The van der Waals surface area contributed by atoms with E-state index in [1.165, 1.54) is 193 Å². The first-order chi connectivity index (χ1) is 38.8. The molecule has 0 aromatic rings. The lowest BCUT2D eigenvalue weighted by atomic mass is 9.86. The van der Waals surface area contributed by atoms with Crippen molar-refractivity contribution < 1.29 is 38.7 Å². The number of unbranched alkanes of at least 4 members (excludes halogenated alkanes) is 30. The van der Waals surface area contributed by atoms with Gasteiger partial charge in [0.25, 0.3) is 0 Å². The molecule has 0 radical (unpaired) electrons. The van der Waals surface area contributed by atoms with Crippen LogP contribution in [-0.2, 0) is 33.6 Å². The number of carbonyl (C=O) groups excluding carboxylic acids is 6. The number of carboxylic acids is 1. The maximum absolute atomic E-state index is 13.5. The van der Waals surface area contributed by atoms with E-state index < -0.39 is 53.8 Å². The summed E-state index contributed by atoms with van der Waals surface area (Å²) in [6.07, 6.45) is 46.0. The standard InChI is InChI=1S/C40H79NO3.C23H38N8O5/c1-3-5-7-9-11-13-15-17-19-21-23-25-27-29-31-33-37-41(39(42)35-36-40(43)44)38-34-32-30-28-26-24-22-20-18-16-14-12-10-8-6-4-2;1-3-15-21(34)30-19-13(10-24)9-14-6-7-17(31(14)23(19)36)22(35)29-16(5-4-8-26-12(2)25)20(33)27-11-18(32)28-15/h3-38H2,1-2H3,(H,43,44);13-17,19H,3-11,24H2,1-2H3,(H2,25,26)(H,27,33)(H,28,32)(H,29,35)(H,30,34)/t;13-,14-,15-,16-,17-,19+/m.0/s1. The molecule has 3 fully saturated rings. The van der Waals surface area contributed by atoms with Gasteiger partial charge in [-0.15, -0.1) is 0 Å². The van der Waals surface area contributed by atoms with Crippen molar-refractivity contribution in [2.75, 3.05) is 32.7 Å². The first-order valence-electron chi connectivity index (χ1n) is 32.7. The molecule has 0 spiro atoms. The molecule has 0 aromatic carbocycles. The molecule has 462 valence electrons. The van der Waals surface area contributed by atoms with Gasteiger partial charge >= 0.3 is 5.97 Å². The van der Waals surface area contributed by atoms with E-state index in [0.717, 1.165) is 25.9 Å². The molecular weight excluding hydrogens is 1010 g/mol. The number of hydrogen-bond acceptors (Lipinski definition) is 9. The number of aliphatic imine (C=N–C) groups is 1. The van der Waals surface area contributed by atoms with E-state index in [4.69, 9.17) is 16.6 Å². The molecule has 3 aliphatic rings. The fourth-order valence-corrected chi connectivity index (χ4v) is 11.6. The molecule has 17 nitrogen and oxygen atoms in total. The van der Waals surface area contributed by atoms with Crippen molar-refractivity contribution in [1.82, 2.24) is 31.1 Å². The van der Waals surface area contributed by atoms with Gasteiger partial charge in [0.1, 0.15) is 24.2 Å². The SMILES string of the molecule is CCCCCCCCCCCCCCCCCCN(CCCCCCCCCCCCCCCCCC)C(=O)CCC(=O)O.CC[C@@H]1NC(=O)CNC(=O)[C@H](CCCN=C(C)N)NC(=O)[C@@H]2CC[C@H]3C[C@@H](CN)[C@@H](NC1=O)C(=O)N32. The van der Waals surface area contributed by atoms with Crippen LogP contribution in [0.25, 0.3) is 0 Å². The summed E-state index contributed by atoms with van der Waals surface area (Å²) in [5, 5.41) is 19.7. The summed E-state index contributed by atoms with van der Waals surface area (Å²) < 4.78 is 0. The Hall–Kier alpha value is -4.28. The molecular formula is C63H117N9O8. The van der Waals surface area contributed by atoms with E-state index in [9.17, 15) is 33.6 Å². The molecule has 0 aromatic heterocycles. The average Bonchev–Trinajstić information content (AvgIpc) is 4.06. The second-order valence-corrected chi connectivity index (χ2v) is 23.6. The lowest BCUT2D eigenvalue weighted by Crippen LogP contribution is -2.64. The van der Waals surface area contributed by atoms with Crippen LogP contribution in [-0.4, -0.2) is 125 Å². The number of amidine groups is 1. The van der Waals surface area contributed by atoms with Gasteiger partial charge < -0.3 is 47.6 Å². The summed E-state index contributed by atoms with van der Waals surface area (Å²) >= 11 is 0. The van der Waals surface area contributed by atoms with Crippen molar-refractivity contribution in [1.29, 1.82) is 0 Å². The van der Waals surface area contributed by atoms with Crippen LogP contribution in [0.4, 0.5) is 0 Å². The van der Waals surface area contributed by atoms with Crippen molar-refractivity contribution in [2.24, 2.45) is 22.4 Å². The summed E-state index contributed by atoms with van der Waals surface area (Å²) in [7, 11) is 0. The van der Waals surface area contributed by atoms with E-state index in [-0.39, 0.29) is 56.1 Å². The summed E-state index contributed by atoms with van der Waals surface area (Å²) in [5.74, 6) is -3.09. The summed E-state index contributed by atoms with van der Waals surface area (Å²) in [5.41, 5.74) is 11.5. The van der Waals surface area contributed by atoms with E-state index >= 15 is 0 Å². The third-order valence-electron chi connectivity index (χ3n) is 16.6. The largest absolute Gasteiger partial charge is 0.481 e. The molecule has 0 aliphatic carbocycles. The van der Waals surface area contributed by atoms with Crippen LogP contribution in [0, 0.1) is 5.92 Å². The van der Waals surface area contributed by atoms with Crippen molar-refractivity contribution in [3.05, 3.63) is 0 Å². The molecule has 2 bridgehead atoms. The van der Waals surface area contributed by atoms with E-state index in [2.05, 4.69) is 40.1 Å². The molecule has 3 heterocycles. The smallest absolute Gasteiger partial charge is 0.303 e. The Morgan fingerprint density at radius 3 is 1.48 bits per heavy atom.